The number of amides is 1. The summed E-state index contributed by atoms with van der Waals surface area (Å²) in [6.07, 6.45) is -0.327. The van der Waals surface area contributed by atoms with Gasteiger partial charge in [0.05, 0.1) is 0 Å². The van der Waals surface area contributed by atoms with Gasteiger partial charge in [-0.05, 0) is 38.5 Å². The standard InChI is InChI=1S/C15H20BrFN2O3/c1-14(2,3)22-13(21)19-15(8-18,9-20)7-10-4-5-11(16)6-12(10)17/h4-6,9H,7-8,18H2,1-3H3,(H,19,21)/t15-/m1/s1. The van der Waals surface area contributed by atoms with Gasteiger partial charge in [0, 0.05) is 17.4 Å². The quantitative estimate of drug-likeness (QED) is 0.775. The molecule has 0 aromatic heterocycles. The van der Waals surface area contributed by atoms with E-state index >= 15 is 0 Å². The Morgan fingerprint density at radius 3 is 2.55 bits per heavy atom. The van der Waals surface area contributed by atoms with E-state index in [1.807, 2.05) is 0 Å². The Morgan fingerprint density at radius 1 is 1.45 bits per heavy atom. The molecule has 1 aromatic carbocycles. The van der Waals surface area contributed by atoms with Crippen LogP contribution in [0.5, 0.6) is 0 Å². The molecular formula is C15H20BrFN2O3. The summed E-state index contributed by atoms with van der Waals surface area (Å²) in [6, 6.07) is 4.47. The molecule has 0 spiro atoms. The second-order valence-corrected chi connectivity index (χ2v) is 6.93. The molecular weight excluding hydrogens is 355 g/mol. The lowest BCUT2D eigenvalue weighted by Crippen LogP contribution is -2.57. The second kappa shape index (κ2) is 7.19. The summed E-state index contributed by atoms with van der Waals surface area (Å²) in [5, 5.41) is 2.44. The maximum absolute atomic E-state index is 13.9. The number of hydrogen-bond donors (Lipinski definition) is 2. The number of nitrogens with two attached hydrogens (primary N) is 1. The van der Waals surface area contributed by atoms with Gasteiger partial charge in [-0.25, -0.2) is 9.18 Å². The number of nitrogens with one attached hydrogen (secondary N) is 1. The van der Waals surface area contributed by atoms with Crippen LogP contribution in [0.15, 0.2) is 22.7 Å². The van der Waals surface area contributed by atoms with E-state index < -0.39 is 23.1 Å². The van der Waals surface area contributed by atoms with Crippen molar-refractivity contribution in [1.82, 2.24) is 5.32 Å². The Kier molecular flexibility index (Phi) is 6.08. The zero-order valence-corrected chi connectivity index (χ0v) is 14.4. The van der Waals surface area contributed by atoms with Crippen LogP contribution in [0.25, 0.3) is 0 Å². The van der Waals surface area contributed by atoms with Crippen molar-refractivity contribution in [2.24, 2.45) is 5.73 Å². The smallest absolute Gasteiger partial charge is 0.408 e. The molecule has 1 atom stereocenters. The summed E-state index contributed by atoms with van der Waals surface area (Å²) in [5.74, 6) is -0.486. The van der Waals surface area contributed by atoms with E-state index in [1.54, 1.807) is 26.8 Å². The highest BCUT2D eigenvalue weighted by atomic mass is 79.9. The number of rotatable bonds is 5. The number of benzene rings is 1. The fourth-order valence-corrected chi connectivity index (χ4v) is 2.13. The van der Waals surface area contributed by atoms with Crippen LogP contribution in [0.4, 0.5) is 9.18 Å². The monoisotopic (exact) mass is 374 g/mol. The average Bonchev–Trinajstić information content (AvgIpc) is 2.38. The zero-order chi connectivity index (χ0) is 17.0. The van der Waals surface area contributed by atoms with E-state index in [2.05, 4.69) is 21.2 Å². The third-order valence-electron chi connectivity index (χ3n) is 2.86. The summed E-state index contributed by atoms with van der Waals surface area (Å²) < 4.78 is 19.6. The number of aldehydes is 1. The minimum atomic E-state index is -1.42. The number of carbonyl (C=O) groups excluding carboxylic acids is 2. The van der Waals surface area contributed by atoms with Crippen LogP contribution in [-0.2, 0) is 16.0 Å². The third kappa shape index (κ3) is 5.38. The molecule has 7 heteroatoms. The number of ether oxygens (including phenoxy) is 1. The molecule has 0 unspecified atom stereocenters. The van der Waals surface area contributed by atoms with Crippen LogP contribution in [0, 0.1) is 5.82 Å². The van der Waals surface area contributed by atoms with Crippen molar-refractivity contribution >= 4 is 28.3 Å². The van der Waals surface area contributed by atoms with Gasteiger partial charge in [0.25, 0.3) is 0 Å². The molecule has 3 N–H and O–H groups in total. The first-order chi connectivity index (χ1) is 10.1. The van der Waals surface area contributed by atoms with E-state index in [0.717, 1.165) is 0 Å². The molecule has 0 heterocycles. The molecule has 0 saturated heterocycles. The summed E-state index contributed by atoms with van der Waals surface area (Å²) >= 11 is 3.16. The van der Waals surface area contributed by atoms with Crippen molar-refractivity contribution in [2.45, 2.75) is 38.3 Å². The second-order valence-electron chi connectivity index (χ2n) is 6.02. The van der Waals surface area contributed by atoms with E-state index in [0.29, 0.717) is 10.8 Å². The Balaban J connectivity index is 2.96. The molecule has 1 rings (SSSR count). The van der Waals surface area contributed by atoms with Crippen molar-refractivity contribution < 1.29 is 18.7 Å². The first-order valence-corrected chi connectivity index (χ1v) is 7.51. The molecule has 0 fully saturated rings. The topological polar surface area (TPSA) is 81.4 Å². The molecule has 5 nitrogen and oxygen atoms in total. The van der Waals surface area contributed by atoms with Crippen LogP contribution in [0.3, 0.4) is 0 Å². The fourth-order valence-electron chi connectivity index (χ4n) is 1.80. The Bertz CT molecular complexity index is 560. The molecule has 0 aliphatic rings. The summed E-state index contributed by atoms with van der Waals surface area (Å²) in [6.45, 7) is 4.93. The van der Waals surface area contributed by atoms with Crippen molar-refractivity contribution in [3.05, 3.63) is 34.1 Å². The normalized spacial score (nSPS) is 14.1. The van der Waals surface area contributed by atoms with Gasteiger partial charge in [-0.2, -0.15) is 0 Å². The van der Waals surface area contributed by atoms with Gasteiger partial charge in [-0.15, -0.1) is 0 Å². The summed E-state index contributed by atoms with van der Waals surface area (Å²) in [5.41, 5.74) is 3.77. The van der Waals surface area contributed by atoms with E-state index in [-0.39, 0.29) is 18.5 Å². The van der Waals surface area contributed by atoms with Crippen molar-refractivity contribution in [2.75, 3.05) is 6.54 Å². The lowest BCUT2D eigenvalue weighted by Gasteiger charge is -2.29. The van der Waals surface area contributed by atoms with Crippen molar-refractivity contribution in [1.29, 1.82) is 0 Å². The molecule has 0 bridgehead atoms. The molecule has 122 valence electrons. The SMILES string of the molecule is CC(C)(C)OC(=O)N[C@@](C=O)(CN)Cc1ccc(Br)cc1F. The highest BCUT2D eigenvalue weighted by molar-refractivity contribution is 9.10. The molecule has 0 aliphatic carbocycles. The maximum atomic E-state index is 13.9. The highest BCUT2D eigenvalue weighted by Gasteiger charge is 2.33. The minimum Gasteiger partial charge on any atom is -0.444 e. The van der Waals surface area contributed by atoms with Gasteiger partial charge in [-0.3, -0.25) is 0 Å². The first-order valence-electron chi connectivity index (χ1n) is 6.72. The number of halogens is 2. The van der Waals surface area contributed by atoms with Gasteiger partial charge < -0.3 is 20.6 Å². The Morgan fingerprint density at radius 2 is 2.09 bits per heavy atom. The number of carbonyl (C=O) groups is 2. The summed E-state index contributed by atoms with van der Waals surface area (Å²) in [7, 11) is 0. The van der Waals surface area contributed by atoms with Crippen LogP contribution in [-0.4, -0.2) is 30.1 Å². The first kappa shape index (κ1) is 18.6. The molecule has 0 aliphatic heterocycles. The van der Waals surface area contributed by atoms with Gasteiger partial charge in [0.15, 0.2) is 0 Å². The van der Waals surface area contributed by atoms with Crippen LogP contribution in [0.2, 0.25) is 0 Å². The third-order valence-corrected chi connectivity index (χ3v) is 3.35. The van der Waals surface area contributed by atoms with Gasteiger partial charge in [-0.1, -0.05) is 22.0 Å². The van der Waals surface area contributed by atoms with Crippen molar-refractivity contribution in [3.8, 4) is 0 Å². The van der Waals surface area contributed by atoms with E-state index in [1.165, 1.54) is 12.1 Å². The maximum Gasteiger partial charge on any atom is 0.408 e. The van der Waals surface area contributed by atoms with Crippen LogP contribution >= 0.6 is 15.9 Å². The van der Waals surface area contributed by atoms with Crippen LogP contribution < -0.4 is 11.1 Å². The fraction of sp³-hybridized carbons (Fsp3) is 0.467. The van der Waals surface area contributed by atoms with Gasteiger partial charge in [0.2, 0.25) is 0 Å². The Hall–Kier alpha value is -1.47. The number of alkyl carbamates (subject to hydrolysis) is 1. The van der Waals surface area contributed by atoms with E-state index in [9.17, 15) is 14.0 Å². The lowest BCUT2D eigenvalue weighted by molar-refractivity contribution is -0.113. The largest absolute Gasteiger partial charge is 0.444 e. The molecule has 0 radical (unpaired) electrons. The average molecular weight is 375 g/mol. The highest BCUT2D eigenvalue weighted by Crippen LogP contribution is 2.20. The number of hydrogen-bond acceptors (Lipinski definition) is 4. The minimum absolute atomic E-state index is 0.0641. The lowest BCUT2D eigenvalue weighted by atomic mass is 9.92. The molecule has 22 heavy (non-hydrogen) atoms. The summed E-state index contributed by atoms with van der Waals surface area (Å²) in [4.78, 5) is 23.3. The molecule has 1 aromatic rings. The molecule has 1 amide bonds. The van der Waals surface area contributed by atoms with Gasteiger partial charge in [0.1, 0.15) is 23.2 Å². The predicted molar refractivity (Wildman–Crippen MR) is 85.0 cm³/mol. The Labute approximate surface area is 137 Å². The van der Waals surface area contributed by atoms with E-state index in [4.69, 9.17) is 10.5 Å². The zero-order valence-electron chi connectivity index (χ0n) is 12.8. The van der Waals surface area contributed by atoms with Crippen LogP contribution in [0.1, 0.15) is 26.3 Å². The van der Waals surface area contributed by atoms with Gasteiger partial charge >= 0.3 is 6.09 Å². The molecule has 0 saturated carbocycles. The van der Waals surface area contributed by atoms with Crippen molar-refractivity contribution in [3.63, 3.8) is 0 Å². The predicted octanol–water partition coefficient (Wildman–Crippen LogP) is 2.55.